The molecule has 0 radical (unpaired) electrons. The number of esters is 1. The van der Waals surface area contributed by atoms with Crippen molar-refractivity contribution in [2.45, 2.75) is 24.5 Å². The highest BCUT2D eigenvalue weighted by atomic mass is 35.5. The number of ether oxygens (including phenoxy) is 1. The Hall–Kier alpha value is 0.01000. The zero-order valence-corrected chi connectivity index (χ0v) is 8.76. The van der Waals surface area contributed by atoms with E-state index >= 15 is 0 Å². The van der Waals surface area contributed by atoms with Crippen LogP contribution in [0, 0.1) is 17.3 Å². The van der Waals surface area contributed by atoms with Gasteiger partial charge in [0.2, 0.25) is 5.79 Å². The summed E-state index contributed by atoms with van der Waals surface area (Å²) >= 11 is 11.2. The van der Waals surface area contributed by atoms with Gasteiger partial charge in [-0.2, -0.15) is 0 Å². The predicted octanol–water partition coefficient (Wildman–Crippen LogP) is 1.31. The molecule has 13 heavy (non-hydrogen) atoms. The number of rotatable bonds is 1. The minimum atomic E-state index is -1.69. The van der Waals surface area contributed by atoms with E-state index in [4.69, 9.17) is 27.9 Å². The molecule has 3 unspecified atom stereocenters. The number of hydrogen-bond acceptors (Lipinski definition) is 3. The van der Waals surface area contributed by atoms with Crippen molar-refractivity contribution in [3.63, 3.8) is 0 Å². The lowest BCUT2D eigenvalue weighted by Crippen LogP contribution is -2.42. The summed E-state index contributed by atoms with van der Waals surface area (Å²) in [5, 5.41) is 9.88. The van der Waals surface area contributed by atoms with Gasteiger partial charge < -0.3 is 9.84 Å². The number of cyclic esters (lactones) is 1. The van der Waals surface area contributed by atoms with Gasteiger partial charge in [-0.05, 0) is 5.41 Å². The lowest BCUT2D eigenvalue weighted by Gasteiger charge is -2.28. The second kappa shape index (κ2) is 2.33. The van der Waals surface area contributed by atoms with Crippen LogP contribution in [0.2, 0.25) is 0 Å². The van der Waals surface area contributed by atoms with Gasteiger partial charge in [0.05, 0.1) is 5.92 Å². The molecule has 1 N–H and O–H groups in total. The van der Waals surface area contributed by atoms with Gasteiger partial charge in [0, 0.05) is 5.92 Å². The van der Waals surface area contributed by atoms with Crippen LogP contribution in [0.3, 0.4) is 0 Å². The Balaban J connectivity index is 2.32. The second-order valence-electron chi connectivity index (χ2n) is 4.25. The van der Waals surface area contributed by atoms with Crippen LogP contribution in [0.15, 0.2) is 0 Å². The first kappa shape index (κ1) is 9.56. The van der Waals surface area contributed by atoms with E-state index in [1.165, 1.54) is 0 Å². The van der Waals surface area contributed by atoms with Crippen LogP contribution in [0.5, 0.6) is 0 Å². The van der Waals surface area contributed by atoms with Crippen LogP contribution in [-0.4, -0.2) is 21.7 Å². The molecule has 2 rings (SSSR count). The summed E-state index contributed by atoms with van der Waals surface area (Å²) in [7, 11) is 0. The molecule has 3 atom stereocenters. The summed E-state index contributed by atoms with van der Waals surface area (Å²) in [6, 6.07) is 0. The van der Waals surface area contributed by atoms with Crippen LogP contribution in [0.1, 0.15) is 13.8 Å². The SMILES string of the molecule is CC1(C)C2C(=O)OC(O)(C(Cl)Cl)C21. The predicted molar refractivity (Wildman–Crippen MR) is 47.3 cm³/mol. The molecule has 1 aliphatic carbocycles. The van der Waals surface area contributed by atoms with Crippen LogP contribution >= 0.6 is 23.2 Å². The van der Waals surface area contributed by atoms with Crippen molar-refractivity contribution in [3.05, 3.63) is 0 Å². The van der Waals surface area contributed by atoms with Crippen molar-refractivity contribution in [3.8, 4) is 0 Å². The number of aliphatic hydroxyl groups is 1. The minimum absolute atomic E-state index is 0.244. The molecule has 74 valence electrons. The van der Waals surface area contributed by atoms with Crippen molar-refractivity contribution in [1.82, 2.24) is 0 Å². The highest BCUT2D eigenvalue weighted by Crippen LogP contribution is 2.69. The summed E-state index contributed by atoms with van der Waals surface area (Å²) in [5.41, 5.74) is -0.244. The molecule has 2 fully saturated rings. The number of hydrogen-bond donors (Lipinski definition) is 1. The monoisotopic (exact) mass is 224 g/mol. The average Bonchev–Trinajstić information content (AvgIpc) is 2.38. The van der Waals surface area contributed by atoms with E-state index < -0.39 is 16.6 Å². The molecule has 0 aromatic rings. The van der Waals surface area contributed by atoms with Crippen molar-refractivity contribution >= 4 is 29.2 Å². The number of fused-ring (bicyclic) bond motifs is 1. The normalized spacial score (nSPS) is 46.2. The zero-order chi connectivity index (χ0) is 10.0. The van der Waals surface area contributed by atoms with Crippen LogP contribution in [-0.2, 0) is 9.53 Å². The highest BCUT2D eigenvalue weighted by molar-refractivity contribution is 6.45. The Morgan fingerprint density at radius 1 is 1.54 bits per heavy atom. The quantitative estimate of drug-likeness (QED) is 0.540. The maximum absolute atomic E-state index is 11.3. The summed E-state index contributed by atoms with van der Waals surface area (Å²) < 4.78 is 4.76. The first-order valence-electron chi connectivity index (χ1n) is 4.05. The zero-order valence-electron chi connectivity index (χ0n) is 7.25. The van der Waals surface area contributed by atoms with E-state index in [-0.39, 0.29) is 17.3 Å². The van der Waals surface area contributed by atoms with E-state index in [0.29, 0.717) is 0 Å². The topological polar surface area (TPSA) is 46.5 Å². The Kier molecular flexibility index (Phi) is 1.71. The van der Waals surface area contributed by atoms with Gasteiger partial charge in [-0.3, -0.25) is 4.79 Å². The van der Waals surface area contributed by atoms with Gasteiger partial charge in [-0.1, -0.05) is 37.0 Å². The third kappa shape index (κ3) is 0.982. The van der Waals surface area contributed by atoms with E-state index in [2.05, 4.69) is 0 Å². The van der Waals surface area contributed by atoms with Gasteiger partial charge in [-0.25, -0.2) is 0 Å². The molecule has 5 heteroatoms. The van der Waals surface area contributed by atoms with E-state index in [0.717, 1.165) is 0 Å². The lowest BCUT2D eigenvalue weighted by atomic mass is 10.0. The number of carbonyl (C=O) groups is 1. The first-order chi connectivity index (χ1) is 5.82. The maximum atomic E-state index is 11.3. The fourth-order valence-electron chi connectivity index (χ4n) is 2.32. The molecule has 2 aliphatic rings. The third-order valence-corrected chi connectivity index (χ3v) is 3.73. The lowest BCUT2D eigenvalue weighted by molar-refractivity contribution is -0.201. The molecule has 1 aliphatic heterocycles. The van der Waals surface area contributed by atoms with Gasteiger partial charge in [-0.15, -0.1) is 0 Å². The number of carbonyl (C=O) groups excluding carboxylic acids is 1. The minimum Gasteiger partial charge on any atom is -0.430 e. The molecule has 1 saturated heterocycles. The molecule has 3 nitrogen and oxygen atoms in total. The fourth-order valence-corrected chi connectivity index (χ4v) is 2.68. The smallest absolute Gasteiger partial charge is 0.312 e. The van der Waals surface area contributed by atoms with E-state index in [1.54, 1.807) is 0 Å². The van der Waals surface area contributed by atoms with Crippen LogP contribution in [0.4, 0.5) is 0 Å². The Labute approximate surface area is 86.0 Å². The van der Waals surface area contributed by atoms with Gasteiger partial charge in [0.1, 0.15) is 0 Å². The molecule has 0 amide bonds. The summed E-state index contributed by atoms with van der Waals surface area (Å²) in [6.07, 6.45) is 0. The molecular weight excluding hydrogens is 215 g/mol. The van der Waals surface area contributed by atoms with Crippen LogP contribution in [0.25, 0.3) is 0 Å². The standard InChI is InChI=1S/C8H10Cl2O3/c1-7(2)3-4(7)8(12,6(9)10)13-5(3)11/h3-4,6,12H,1-2H3. The van der Waals surface area contributed by atoms with Gasteiger partial charge in [0.15, 0.2) is 4.84 Å². The largest absolute Gasteiger partial charge is 0.430 e. The van der Waals surface area contributed by atoms with Crippen molar-refractivity contribution in [1.29, 1.82) is 0 Å². The molecule has 0 aromatic carbocycles. The van der Waals surface area contributed by atoms with Crippen molar-refractivity contribution in [2.24, 2.45) is 17.3 Å². The Morgan fingerprint density at radius 3 is 2.31 bits per heavy atom. The number of alkyl halides is 2. The van der Waals surface area contributed by atoms with Crippen molar-refractivity contribution < 1.29 is 14.6 Å². The van der Waals surface area contributed by atoms with Gasteiger partial charge >= 0.3 is 5.97 Å². The first-order valence-corrected chi connectivity index (χ1v) is 4.92. The molecule has 1 saturated carbocycles. The molecule has 0 spiro atoms. The van der Waals surface area contributed by atoms with Gasteiger partial charge in [0.25, 0.3) is 0 Å². The summed E-state index contributed by atoms with van der Waals surface area (Å²) in [5.74, 6) is -2.61. The molecular formula is C8H10Cl2O3. The third-order valence-electron chi connectivity index (χ3n) is 3.10. The molecule has 0 aromatic heterocycles. The molecule has 0 bridgehead atoms. The molecule has 1 heterocycles. The Morgan fingerprint density at radius 2 is 2.08 bits per heavy atom. The fraction of sp³-hybridized carbons (Fsp3) is 0.875. The van der Waals surface area contributed by atoms with E-state index in [1.807, 2.05) is 13.8 Å². The van der Waals surface area contributed by atoms with E-state index in [9.17, 15) is 9.90 Å². The maximum Gasteiger partial charge on any atom is 0.312 e. The summed E-state index contributed by atoms with van der Waals surface area (Å²) in [6.45, 7) is 3.79. The number of halogens is 2. The second-order valence-corrected chi connectivity index (χ2v) is 5.35. The average molecular weight is 225 g/mol. The van der Waals surface area contributed by atoms with Crippen molar-refractivity contribution in [2.75, 3.05) is 0 Å². The Bertz CT molecular complexity index is 277. The van der Waals surface area contributed by atoms with Crippen LogP contribution < -0.4 is 0 Å². The highest BCUT2D eigenvalue weighted by Gasteiger charge is 2.78. The summed E-state index contributed by atoms with van der Waals surface area (Å²) in [4.78, 5) is 10.2.